The molecule has 0 radical (unpaired) electrons. The van der Waals surface area contributed by atoms with E-state index < -0.39 is 124 Å². The van der Waals surface area contributed by atoms with Crippen molar-refractivity contribution in [2.45, 2.75) is 161 Å². The molecule has 18 heteroatoms. The summed E-state index contributed by atoms with van der Waals surface area (Å²) in [6, 6.07) is 14.8. The minimum Gasteiger partial charge on any atom is -0.460 e. The molecule has 1 heterocycles. The smallest absolute Gasteiger partial charge is 0.408 e. The Hall–Kier alpha value is -5.98. The van der Waals surface area contributed by atoms with E-state index in [4.69, 9.17) is 38.9 Å². The second-order valence-electron chi connectivity index (χ2n) is 21.6. The molecule has 0 aromatic heterocycles. The third kappa shape index (κ3) is 10.2. The van der Waals surface area contributed by atoms with Crippen molar-refractivity contribution in [3.05, 3.63) is 82.9 Å². The summed E-state index contributed by atoms with van der Waals surface area (Å²) >= 11 is 0. The van der Waals surface area contributed by atoms with Gasteiger partial charge in [0.05, 0.1) is 18.3 Å². The lowest BCUT2D eigenvalue weighted by molar-refractivity contribution is -0.264. The predicted octanol–water partition coefficient (Wildman–Crippen LogP) is 5.74. The normalized spacial score (nSPS) is 30.8. The molecule has 4 N–H and O–H groups in total. The summed E-state index contributed by atoms with van der Waals surface area (Å²) in [6.45, 7) is 13.8. The SMILES string of the molecule is CC(=O)OC1C(=O)C23CC2CC2OCC(OC(C)=O)C2C3C(C)(OC(=O)c2ccccc2)C2(O)CC(OC(=O)C(OC(=O)CCCC(=O)CCN)C(NC(=O)OC(C)(C)C)c3ccccc3)C(C)=C1C2(C)C. The number of fused-ring (bicyclic) bond motifs is 4. The van der Waals surface area contributed by atoms with E-state index in [0.717, 1.165) is 6.92 Å². The lowest BCUT2D eigenvalue weighted by Crippen LogP contribution is -2.75. The topological polar surface area (TPSA) is 259 Å². The van der Waals surface area contributed by atoms with Gasteiger partial charge in [-0.1, -0.05) is 62.4 Å². The van der Waals surface area contributed by atoms with Gasteiger partial charge in [-0.05, 0) is 95.2 Å². The van der Waals surface area contributed by atoms with Gasteiger partial charge in [0, 0.05) is 62.2 Å². The monoisotopic (exact) mass is 1000 g/mol. The lowest BCUT2D eigenvalue weighted by Gasteiger charge is -2.64. The fraction of sp³-hybridized carbons (Fsp3) is 0.593. The Labute approximate surface area is 419 Å². The van der Waals surface area contributed by atoms with Gasteiger partial charge in [0.2, 0.25) is 6.10 Å². The number of carbonyl (C=O) groups is 8. The summed E-state index contributed by atoms with van der Waals surface area (Å²) in [5.41, 5.74) is -2.20. The van der Waals surface area contributed by atoms with Crippen LogP contribution in [0.15, 0.2) is 71.8 Å². The molecule has 18 nitrogen and oxygen atoms in total. The fourth-order valence-electron chi connectivity index (χ4n) is 12.4. The first kappa shape index (κ1) is 53.8. The molecule has 390 valence electrons. The van der Waals surface area contributed by atoms with Crippen LogP contribution in [-0.2, 0) is 61.9 Å². The average Bonchev–Trinajstić information content (AvgIpc) is 3.92. The van der Waals surface area contributed by atoms with Crippen molar-refractivity contribution in [1.29, 1.82) is 0 Å². The van der Waals surface area contributed by atoms with E-state index >= 15 is 9.59 Å². The highest BCUT2D eigenvalue weighted by atomic mass is 16.6. The molecular formula is C54H68N2O16. The third-order valence-electron chi connectivity index (χ3n) is 15.5. The number of hydrogen-bond donors (Lipinski definition) is 3. The molecule has 2 aromatic rings. The molecule has 1 amide bonds. The summed E-state index contributed by atoms with van der Waals surface area (Å²) in [6.07, 6.45) is -7.67. The zero-order valence-electron chi connectivity index (χ0n) is 42.5. The highest BCUT2D eigenvalue weighted by Crippen LogP contribution is 2.75. The molecule has 2 aromatic carbocycles. The van der Waals surface area contributed by atoms with E-state index in [0.29, 0.717) is 12.0 Å². The molecular weight excluding hydrogens is 933 g/mol. The molecule has 1 saturated heterocycles. The van der Waals surface area contributed by atoms with E-state index in [1.807, 2.05) is 0 Å². The Morgan fingerprint density at radius 1 is 0.875 bits per heavy atom. The number of hydrogen-bond acceptors (Lipinski definition) is 17. The minimum atomic E-state index is -2.34. The number of rotatable bonds is 16. The minimum absolute atomic E-state index is 0.0110. The maximum atomic E-state index is 15.9. The van der Waals surface area contributed by atoms with Crippen molar-refractivity contribution < 1.29 is 76.6 Å². The van der Waals surface area contributed by atoms with Crippen LogP contribution in [-0.4, -0.2) is 113 Å². The standard InChI is InChI=1S/C54H68N2O16/c1-29-37(69-48(63)44(70-39(60)22-16-21-35(59)23-24-55)42(32-17-12-10-13-18-32)56-49(64)72-50(4,5)6)27-54(65)51(7,8)41(29)43(68-31(3)58)46(61)53-26-34(53)25-36-40(38(28-66-36)67-30(2)57)45(53)52(54,9)71-47(62)33-19-14-11-15-20-33/h10-15,17-20,34,36-38,40,42-45,65H,16,21-28,55H2,1-9H3,(H,56,64). The third-order valence-corrected chi connectivity index (χ3v) is 15.5. The Morgan fingerprint density at radius 2 is 1.51 bits per heavy atom. The summed E-state index contributed by atoms with van der Waals surface area (Å²) in [5, 5.41) is 16.9. The van der Waals surface area contributed by atoms with Crippen molar-refractivity contribution in [2.75, 3.05) is 13.2 Å². The maximum Gasteiger partial charge on any atom is 0.408 e. The summed E-state index contributed by atoms with van der Waals surface area (Å²) < 4.78 is 43.0. The van der Waals surface area contributed by atoms with Gasteiger partial charge in [-0.2, -0.15) is 0 Å². The number of carbonyl (C=O) groups excluding carboxylic acids is 8. The van der Waals surface area contributed by atoms with Crippen LogP contribution in [0.25, 0.3) is 0 Å². The van der Waals surface area contributed by atoms with Gasteiger partial charge in [0.15, 0.2) is 11.9 Å². The molecule has 7 rings (SSSR count). The van der Waals surface area contributed by atoms with Crippen LogP contribution in [0.1, 0.15) is 129 Å². The predicted molar refractivity (Wildman–Crippen MR) is 255 cm³/mol. The second-order valence-corrected chi connectivity index (χ2v) is 21.6. The van der Waals surface area contributed by atoms with Crippen molar-refractivity contribution in [1.82, 2.24) is 5.32 Å². The number of nitrogens with one attached hydrogen (secondary N) is 1. The zero-order valence-corrected chi connectivity index (χ0v) is 42.5. The Bertz CT molecular complexity index is 2480. The molecule has 1 spiro atoms. The fourth-order valence-corrected chi connectivity index (χ4v) is 12.4. The van der Waals surface area contributed by atoms with Crippen LogP contribution in [0.4, 0.5) is 4.79 Å². The number of nitrogens with two attached hydrogens (primary N) is 1. The van der Waals surface area contributed by atoms with Gasteiger partial charge in [-0.15, -0.1) is 0 Å². The number of aliphatic hydroxyl groups is 1. The second kappa shape index (κ2) is 20.5. The number of ketones is 2. The van der Waals surface area contributed by atoms with E-state index in [1.165, 1.54) is 6.92 Å². The first-order valence-electron chi connectivity index (χ1n) is 24.7. The summed E-state index contributed by atoms with van der Waals surface area (Å²) in [4.78, 5) is 111. The van der Waals surface area contributed by atoms with Crippen LogP contribution in [0.3, 0.4) is 0 Å². The number of alkyl carbamates (subject to hydrolysis) is 1. The van der Waals surface area contributed by atoms with Gasteiger partial charge < -0.3 is 49.3 Å². The maximum absolute atomic E-state index is 15.9. The van der Waals surface area contributed by atoms with Gasteiger partial charge in [-0.3, -0.25) is 24.0 Å². The molecule has 5 aliphatic rings. The van der Waals surface area contributed by atoms with Crippen LogP contribution < -0.4 is 11.1 Å². The van der Waals surface area contributed by atoms with Crippen LogP contribution >= 0.6 is 0 Å². The van der Waals surface area contributed by atoms with Crippen LogP contribution in [0.5, 0.6) is 0 Å². The number of benzene rings is 2. The van der Waals surface area contributed by atoms with Gasteiger partial charge in [0.1, 0.15) is 40.8 Å². The van der Waals surface area contributed by atoms with Crippen molar-refractivity contribution in [2.24, 2.45) is 34.3 Å². The van der Waals surface area contributed by atoms with Gasteiger partial charge in [0.25, 0.3) is 0 Å². The molecule has 2 bridgehead atoms. The Balaban J connectivity index is 1.39. The Morgan fingerprint density at radius 3 is 2.12 bits per heavy atom. The number of ether oxygens (including phenoxy) is 7. The zero-order chi connectivity index (χ0) is 52.7. The van der Waals surface area contributed by atoms with E-state index in [2.05, 4.69) is 5.32 Å². The molecule has 3 saturated carbocycles. The quantitative estimate of drug-likeness (QED) is 0.103. The van der Waals surface area contributed by atoms with Gasteiger partial charge in [-0.25, -0.2) is 14.4 Å². The molecule has 1 aliphatic heterocycles. The lowest BCUT2D eigenvalue weighted by atomic mass is 9.45. The number of Topliss-reactive ketones (excluding diaryl/α,β-unsaturated/α-hetero) is 2. The highest BCUT2D eigenvalue weighted by molar-refractivity contribution is 5.97. The first-order chi connectivity index (χ1) is 33.8. The van der Waals surface area contributed by atoms with Crippen LogP contribution in [0.2, 0.25) is 0 Å². The largest absolute Gasteiger partial charge is 0.460 e. The molecule has 12 unspecified atom stereocenters. The van der Waals surface area contributed by atoms with Crippen molar-refractivity contribution in [3.8, 4) is 0 Å². The summed E-state index contributed by atoms with van der Waals surface area (Å²) in [5.74, 6) is -7.47. The van der Waals surface area contributed by atoms with E-state index in [1.54, 1.807) is 109 Å². The number of amides is 1. The molecule has 4 fully saturated rings. The summed E-state index contributed by atoms with van der Waals surface area (Å²) in [7, 11) is 0. The molecule has 4 aliphatic carbocycles. The van der Waals surface area contributed by atoms with E-state index in [-0.39, 0.29) is 73.7 Å². The molecule has 12 atom stereocenters. The first-order valence-corrected chi connectivity index (χ1v) is 24.7. The van der Waals surface area contributed by atoms with Crippen molar-refractivity contribution >= 4 is 47.5 Å². The number of esters is 5. The highest BCUT2D eigenvalue weighted by Gasteiger charge is 2.83. The van der Waals surface area contributed by atoms with Crippen LogP contribution in [0, 0.1) is 28.6 Å². The van der Waals surface area contributed by atoms with E-state index in [9.17, 15) is 33.9 Å². The average molecular weight is 1000 g/mol. The Kier molecular flexibility index (Phi) is 15.3. The van der Waals surface area contributed by atoms with Crippen molar-refractivity contribution in [3.63, 3.8) is 0 Å². The molecule has 72 heavy (non-hydrogen) atoms. The van der Waals surface area contributed by atoms with Gasteiger partial charge >= 0.3 is 35.9 Å².